The standard InChI is InChI=1S/C6H9NOS/c1-5-2-6(3-8-7)9-4-5/h2,4H,3,7H2,1H3. The molecule has 0 aliphatic heterocycles. The van der Waals surface area contributed by atoms with Crippen molar-refractivity contribution in [2.75, 3.05) is 0 Å². The Morgan fingerprint density at radius 3 is 3.00 bits per heavy atom. The lowest BCUT2D eigenvalue weighted by atomic mass is 10.3. The molecular formula is C6H9NOS. The van der Waals surface area contributed by atoms with Gasteiger partial charge in [-0.3, -0.25) is 4.84 Å². The summed E-state index contributed by atoms with van der Waals surface area (Å²) in [7, 11) is 0. The molecule has 0 amide bonds. The molecule has 0 aliphatic carbocycles. The molecular weight excluding hydrogens is 134 g/mol. The Hall–Kier alpha value is -0.380. The third-order valence-corrected chi connectivity index (χ3v) is 2.04. The minimum absolute atomic E-state index is 0.526. The first-order valence-electron chi connectivity index (χ1n) is 2.68. The zero-order valence-electron chi connectivity index (χ0n) is 5.26. The van der Waals surface area contributed by atoms with Crippen molar-refractivity contribution in [3.8, 4) is 0 Å². The number of hydrogen-bond donors (Lipinski definition) is 1. The lowest BCUT2D eigenvalue weighted by Gasteiger charge is -1.88. The fourth-order valence-corrected chi connectivity index (χ4v) is 1.44. The fourth-order valence-electron chi connectivity index (χ4n) is 0.648. The summed E-state index contributed by atoms with van der Waals surface area (Å²) < 4.78 is 0. The van der Waals surface area contributed by atoms with Crippen LogP contribution in [0.1, 0.15) is 10.4 Å². The molecule has 1 heterocycles. The quantitative estimate of drug-likeness (QED) is 0.636. The summed E-state index contributed by atoms with van der Waals surface area (Å²) in [6.07, 6.45) is 0. The third kappa shape index (κ3) is 1.78. The average molecular weight is 143 g/mol. The second-order valence-electron chi connectivity index (χ2n) is 1.90. The number of thiophene rings is 1. The maximum absolute atomic E-state index is 4.88. The van der Waals surface area contributed by atoms with Crippen molar-refractivity contribution >= 4 is 11.3 Å². The normalized spacial score (nSPS) is 10.0. The molecule has 0 atom stereocenters. The van der Waals surface area contributed by atoms with Crippen LogP contribution in [0.2, 0.25) is 0 Å². The first-order chi connectivity index (χ1) is 4.33. The zero-order chi connectivity index (χ0) is 6.69. The van der Waals surface area contributed by atoms with Crippen LogP contribution in [0, 0.1) is 6.92 Å². The lowest BCUT2D eigenvalue weighted by Crippen LogP contribution is -1.96. The summed E-state index contributed by atoms with van der Waals surface area (Å²) in [5.41, 5.74) is 1.27. The average Bonchev–Trinajstić information content (AvgIpc) is 2.17. The number of nitrogens with two attached hydrogens (primary N) is 1. The van der Waals surface area contributed by atoms with Gasteiger partial charge < -0.3 is 0 Å². The van der Waals surface area contributed by atoms with E-state index in [-0.39, 0.29) is 0 Å². The van der Waals surface area contributed by atoms with Gasteiger partial charge in [0.15, 0.2) is 0 Å². The van der Waals surface area contributed by atoms with E-state index in [1.807, 2.05) is 0 Å². The highest BCUT2D eigenvalue weighted by Gasteiger charge is 1.93. The summed E-state index contributed by atoms with van der Waals surface area (Å²) in [5, 5.41) is 2.08. The van der Waals surface area contributed by atoms with Crippen molar-refractivity contribution in [2.24, 2.45) is 5.90 Å². The Labute approximate surface area is 58.2 Å². The van der Waals surface area contributed by atoms with Gasteiger partial charge >= 0.3 is 0 Å². The van der Waals surface area contributed by atoms with E-state index in [9.17, 15) is 0 Å². The molecule has 0 spiro atoms. The van der Waals surface area contributed by atoms with Crippen molar-refractivity contribution in [3.05, 3.63) is 21.9 Å². The van der Waals surface area contributed by atoms with Crippen molar-refractivity contribution in [3.63, 3.8) is 0 Å². The maximum Gasteiger partial charge on any atom is 0.102 e. The number of hydrogen-bond acceptors (Lipinski definition) is 3. The Morgan fingerprint density at radius 1 is 1.78 bits per heavy atom. The topological polar surface area (TPSA) is 35.2 Å². The molecule has 0 saturated heterocycles. The van der Waals surface area contributed by atoms with E-state index in [2.05, 4.69) is 23.2 Å². The van der Waals surface area contributed by atoms with Gasteiger partial charge in [0, 0.05) is 4.88 Å². The van der Waals surface area contributed by atoms with Gasteiger partial charge in [-0.05, 0) is 23.9 Å². The SMILES string of the molecule is Cc1csc(CON)c1. The molecule has 1 aromatic heterocycles. The minimum atomic E-state index is 0.526. The van der Waals surface area contributed by atoms with Crippen LogP contribution >= 0.6 is 11.3 Å². The second-order valence-corrected chi connectivity index (χ2v) is 2.90. The zero-order valence-corrected chi connectivity index (χ0v) is 6.07. The van der Waals surface area contributed by atoms with E-state index >= 15 is 0 Å². The predicted octanol–water partition coefficient (Wildman–Crippen LogP) is 1.45. The van der Waals surface area contributed by atoms with Crippen LogP contribution in [0.15, 0.2) is 11.4 Å². The molecule has 0 aliphatic rings. The summed E-state index contributed by atoms with van der Waals surface area (Å²) in [4.78, 5) is 5.63. The maximum atomic E-state index is 4.88. The third-order valence-electron chi connectivity index (χ3n) is 1.01. The van der Waals surface area contributed by atoms with Gasteiger partial charge in [-0.25, -0.2) is 5.90 Å². The number of rotatable bonds is 2. The van der Waals surface area contributed by atoms with Crippen LogP contribution in [0.4, 0.5) is 0 Å². The molecule has 2 N–H and O–H groups in total. The van der Waals surface area contributed by atoms with E-state index < -0.39 is 0 Å². The monoisotopic (exact) mass is 143 g/mol. The second kappa shape index (κ2) is 2.96. The van der Waals surface area contributed by atoms with E-state index in [4.69, 9.17) is 5.90 Å². The van der Waals surface area contributed by atoms with Gasteiger partial charge in [0.2, 0.25) is 0 Å². The van der Waals surface area contributed by atoms with Crippen molar-refractivity contribution < 1.29 is 4.84 Å². The highest BCUT2D eigenvalue weighted by atomic mass is 32.1. The summed E-state index contributed by atoms with van der Waals surface area (Å²) in [5.74, 6) is 4.88. The van der Waals surface area contributed by atoms with E-state index in [0.717, 1.165) is 0 Å². The van der Waals surface area contributed by atoms with E-state index in [1.54, 1.807) is 11.3 Å². The number of aryl methyl sites for hydroxylation is 1. The molecule has 0 unspecified atom stereocenters. The van der Waals surface area contributed by atoms with Gasteiger partial charge in [-0.15, -0.1) is 11.3 Å². The highest BCUT2D eigenvalue weighted by molar-refractivity contribution is 7.10. The van der Waals surface area contributed by atoms with Gasteiger partial charge in [0.05, 0.1) is 0 Å². The molecule has 0 bridgehead atoms. The first kappa shape index (κ1) is 6.74. The van der Waals surface area contributed by atoms with Crippen LogP contribution in [-0.4, -0.2) is 0 Å². The first-order valence-corrected chi connectivity index (χ1v) is 3.56. The predicted molar refractivity (Wildman–Crippen MR) is 38.0 cm³/mol. The van der Waals surface area contributed by atoms with Crippen LogP contribution in [0.3, 0.4) is 0 Å². The van der Waals surface area contributed by atoms with Crippen LogP contribution < -0.4 is 5.90 Å². The molecule has 3 heteroatoms. The van der Waals surface area contributed by atoms with Crippen molar-refractivity contribution in [1.29, 1.82) is 0 Å². The lowest BCUT2D eigenvalue weighted by molar-refractivity contribution is 0.126. The van der Waals surface area contributed by atoms with Crippen LogP contribution in [-0.2, 0) is 11.4 Å². The molecule has 1 rings (SSSR count). The molecule has 9 heavy (non-hydrogen) atoms. The Morgan fingerprint density at radius 2 is 2.56 bits per heavy atom. The molecule has 0 saturated carbocycles. The van der Waals surface area contributed by atoms with Crippen LogP contribution in [0.5, 0.6) is 0 Å². The minimum Gasteiger partial charge on any atom is -0.299 e. The molecule has 1 aromatic rings. The van der Waals surface area contributed by atoms with E-state index in [1.165, 1.54) is 10.4 Å². The van der Waals surface area contributed by atoms with Gasteiger partial charge in [0.25, 0.3) is 0 Å². The molecule has 0 aromatic carbocycles. The van der Waals surface area contributed by atoms with Gasteiger partial charge in [0.1, 0.15) is 6.61 Å². The van der Waals surface area contributed by atoms with Gasteiger partial charge in [-0.1, -0.05) is 0 Å². The fraction of sp³-hybridized carbons (Fsp3) is 0.333. The molecule has 0 fully saturated rings. The highest BCUT2D eigenvalue weighted by Crippen LogP contribution is 2.13. The largest absolute Gasteiger partial charge is 0.299 e. The van der Waals surface area contributed by atoms with Gasteiger partial charge in [-0.2, -0.15) is 0 Å². The summed E-state index contributed by atoms with van der Waals surface area (Å²) in [6, 6.07) is 2.07. The molecule has 2 nitrogen and oxygen atoms in total. The Balaban J connectivity index is 2.61. The summed E-state index contributed by atoms with van der Waals surface area (Å²) in [6.45, 7) is 2.58. The molecule has 0 radical (unpaired) electrons. The Kier molecular flexibility index (Phi) is 2.22. The molecule has 50 valence electrons. The van der Waals surface area contributed by atoms with Crippen molar-refractivity contribution in [1.82, 2.24) is 0 Å². The summed E-state index contributed by atoms with van der Waals surface area (Å²) >= 11 is 1.67. The van der Waals surface area contributed by atoms with Crippen molar-refractivity contribution in [2.45, 2.75) is 13.5 Å². The smallest absolute Gasteiger partial charge is 0.102 e. The Bertz CT molecular complexity index is 185. The van der Waals surface area contributed by atoms with E-state index in [0.29, 0.717) is 6.61 Å². The van der Waals surface area contributed by atoms with Crippen LogP contribution in [0.25, 0.3) is 0 Å².